The van der Waals surface area contributed by atoms with Crippen LogP contribution in [0.5, 0.6) is 0 Å². The minimum atomic E-state index is -0.149. The maximum Gasteiger partial charge on any atom is 0.171 e. The highest BCUT2D eigenvalue weighted by Gasteiger charge is 2.58. The van der Waals surface area contributed by atoms with Crippen molar-refractivity contribution in [1.82, 2.24) is 0 Å². The van der Waals surface area contributed by atoms with E-state index in [0.717, 1.165) is 19.6 Å². The molecule has 2 nitrogen and oxygen atoms in total. The highest BCUT2D eigenvalue weighted by atomic mass is 16.7. The molecule has 1 atom stereocenters. The lowest BCUT2D eigenvalue weighted by molar-refractivity contribution is -0.250. The van der Waals surface area contributed by atoms with E-state index in [2.05, 4.69) is 20.8 Å². The highest BCUT2D eigenvalue weighted by Crippen LogP contribution is 2.53. The van der Waals surface area contributed by atoms with Gasteiger partial charge in [-0.25, -0.2) is 0 Å². The standard InChI is InChI=1S/C10H18O2/c1-4-8-5-10(8)11-6-9(2,3)7-12-10/h8H,4-7H2,1-3H3/t8-/m1/s1. The average Bonchev–Trinajstić information content (AvgIpc) is 2.72. The van der Waals surface area contributed by atoms with Crippen LogP contribution < -0.4 is 0 Å². The van der Waals surface area contributed by atoms with E-state index in [1.165, 1.54) is 6.42 Å². The van der Waals surface area contributed by atoms with Gasteiger partial charge in [0.05, 0.1) is 13.2 Å². The molecule has 0 radical (unpaired) electrons. The molecule has 2 fully saturated rings. The van der Waals surface area contributed by atoms with Crippen molar-refractivity contribution in [3.63, 3.8) is 0 Å². The first-order valence-corrected chi connectivity index (χ1v) is 4.86. The first-order valence-electron chi connectivity index (χ1n) is 4.86. The summed E-state index contributed by atoms with van der Waals surface area (Å²) in [7, 11) is 0. The summed E-state index contributed by atoms with van der Waals surface area (Å²) in [4.78, 5) is 0. The molecule has 70 valence electrons. The van der Waals surface area contributed by atoms with Gasteiger partial charge in [0.15, 0.2) is 5.79 Å². The van der Waals surface area contributed by atoms with Crippen LogP contribution in [-0.4, -0.2) is 19.0 Å². The Bertz CT molecular complexity index is 176. The van der Waals surface area contributed by atoms with Gasteiger partial charge in [-0.3, -0.25) is 0 Å². The van der Waals surface area contributed by atoms with Gasteiger partial charge in [-0.2, -0.15) is 0 Å². The molecular weight excluding hydrogens is 152 g/mol. The summed E-state index contributed by atoms with van der Waals surface area (Å²) in [5.74, 6) is 0.512. The molecule has 1 saturated heterocycles. The molecule has 0 N–H and O–H groups in total. The zero-order chi connectivity index (χ0) is 8.82. The largest absolute Gasteiger partial charge is 0.349 e. The van der Waals surface area contributed by atoms with Crippen LogP contribution in [0.1, 0.15) is 33.6 Å². The van der Waals surface area contributed by atoms with E-state index in [1.807, 2.05) is 0 Å². The van der Waals surface area contributed by atoms with Gasteiger partial charge in [0.2, 0.25) is 0 Å². The van der Waals surface area contributed by atoms with Crippen molar-refractivity contribution in [2.45, 2.75) is 39.4 Å². The zero-order valence-corrected chi connectivity index (χ0v) is 8.22. The van der Waals surface area contributed by atoms with Crippen molar-refractivity contribution in [2.24, 2.45) is 11.3 Å². The summed E-state index contributed by atoms with van der Waals surface area (Å²) in [5, 5.41) is 0. The third-order valence-corrected chi connectivity index (χ3v) is 2.90. The lowest BCUT2D eigenvalue weighted by Crippen LogP contribution is -2.40. The third kappa shape index (κ3) is 1.27. The summed E-state index contributed by atoms with van der Waals surface area (Å²) < 4.78 is 11.5. The predicted octanol–water partition coefficient (Wildman–Crippen LogP) is 2.19. The van der Waals surface area contributed by atoms with Gasteiger partial charge in [-0.1, -0.05) is 20.8 Å². The summed E-state index contributed by atoms with van der Waals surface area (Å²) in [6, 6.07) is 0. The molecule has 2 heteroatoms. The van der Waals surface area contributed by atoms with Gasteiger partial charge in [0.1, 0.15) is 0 Å². The molecule has 0 aromatic heterocycles. The molecule has 0 bridgehead atoms. The van der Waals surface area contributed by atoms with Crippen LogP contribution >= 0.6 is 0 Å². The second kappa shape index (κ2) is 2.46. The topological polar surface area (TPSA) is 18.5 Å². The van der Waals surface area contributed by atoms with Gasteiger partial charge < -0.3 is 9.47 Å². The minimum absolute atomic E-state index is 0.149. The quantitative estimate of drug-likeness (QED) is 0.600. The number of hydrogen-bond donors (Lipinski definition) is 0. The maximum atomic E-state index is 5.77. The summed E-state index contributed by atoms with van der Waals surface area (Å²) in [5.41, 5.74) is 0.214. The molecule has 1 spiro atoms. The minimum Gasteiger partial charge on any atom is -0.349 e. The molecule has 0 aromatic carbocycles. The Morgan fingerprint density at radius 3 is 2.25 bits per heavy atom. The van der Waals surface area contributed by atoms with E-state index in [-0.39, 0.29) is 11.2 Å². The fraction of sp³-hybridized carbons (Fsp3) is 1.00. The molecule has 0 unspecified atom stereocenters. The fourth-order valence-corrected chi connectivity index (χ4v) is 1.81. The lowest BCUT2D eigenvalue weighted by atomic mass is 9.95. The molecule has 2 rings (SSSR count). The lowest BCUT2D eigenvalue weighted by Gasteiger charge is -2.35. The highest BCUT2D eigenvalue weighted by molar-refractivity contribution is 4.99. The van der Waals surface area contributed by atoms with E-state index >= 15 is 0 Å². The van der Waals surface area contributed by atoms with Crippen LogP contribution in [0.15, 0.2) is 0 Å². The van der Waals surface area contributed by atoms with Gasteiger partial charge in [0, 0.05) is 17.8 Å². The molecule has 1 saturated carbocycles. The van der Waals surface area contributed by atoms with Crippen LogP contribution in [0.2, 0.25) is 0 Å². The van der Waals surface area contributed by atoms with Crippen LogP contribution in [0, 0.1) is 11.3 Å². The maximum absolute atomic E-state index is 5.77. The Balaban J connectivity index is 1.92. The smallest absolute Gasteiger partial charge is 0.171 e. The van der Waals surface area contributed by atoms with Gasteiger partial charge in [0.25, 0.3) is 0 Å². The zero-order valence-electron chi connectivity index (χ0n) is 8.22. The first kappa shape index (κ1) is 8.52. The van der Waals surface area contributed by atoms with Crippen molar-refractivity contribution in [2.75, 3.05) is 13.2 Å². The molecule has 0 amide bonds. The molecular formula is C10H18O2. The molecule has 2 aliphatic rings. The second-order valence-corrected chi connectivity index (χ2v) is 4.86. The number of ether oxygens (including phenoxy) is 2. The molecule has 0 aromatic rings. The molecule has 1 heterocycles. The monoisotopic (exact) mass is 170 g/mol. The molecule has 1 aliphatic carbocycles. The van der Waals surface area contributed by atoms with Crippen molar-refractivity contribution < 1.29 is 9.47 Å². The van der Waals surface area contributed by atoms with E-state index in [1.54, 1.807) is 0 Å². The normalized spacial score (nSPS) is 36.8. The third-order valence-electron chi connectivity index (χ3n) is 2.90. The number of rotatable bonds is 1. The van der Waals surface area contributed by atoms with Crippen molar-refractivity contribution in [3.8, 4) is 0 Å². The van der Waals surface area contributed by atoms with Gasteiger partial charge >= 0.3 is 0 Å². The van der Waals surface area contributed by atoms with E-state index in [9.17, 15) is 0 Å². The summed E-state index contributed by atoms with van der Waals surface area (Å²) in [6.45, 7) is 8.27. The Labute approximate surface area is 74.2 Å². The van der Waals surface area contributed by atoms with Crippen LogP contribution in [0.3, 0.4) is 0 Å². The Hall–Kier alpha value is -0.0800. The van der Waals surface area contributed by atoms with Crippen molar-refractivity contribution in [1.29, 1.82) is 0 Å². The molecule has 1 aliphatic heterocycles. The van der Waals surface area contributed by atoms with Crippen molar-refractivity contribution >= 4 is 0 Å². The van der Waals surface area contributed by atoms with E-state index < -0.39 is 0 Å². The average molecular weight is 170 g/mol. The number of hydrogen-bond acceptors (Lipinski definition) is 2. The Morgan fingerprint density at radius 1 is 1.25 bits per heavy atom. The van der Waals surface area contributed by atoms with Crippen molar-refractivity contribution in [3.05, 3.63) is 0 Å². The Kier molecular flexibility index (Phi) is 1.74. The summed E-state index contributed by atoms with van der Waals surface area (Å²) in [6.07, 6.45) is 2.29. The first-order chi connectivity index (χ1) is 5.58. The van der Waals surface area contributed by atoms with Crippen LogP contribution in [0.25, 0.3) is 0 Å². The second-order valence-electron chi connectivity index (χ2n) is 4.86. The van der Waals surface area contributed by atoms with E-state index in [0.29, 0.717) is 5.92 Å². The van der Waals surface area contributed by atoms with Gasteiger partial charge in [-0.05, 0) is 6.42 Å². The fourth-order valence-electron chi connectivity index (χ4n) is 1.81. The van der Waals surface area contributed by atoms with Crippen LogP contribution in [0.4, 0.5) is 0 Å². The van der Waals surface area contributed by atoms with Crippen LogP contribution in [-0.2, 0) is 9.47 Å². The van der Waals surface area contributed by atoms with E-state index in [4.69, 9.17) is 9.47 Å². The Morgan fingerprint density at radius 2 is 1.83 bits per heavy atom. The van der Waals surface area contributed by atoms with Gasteiger partial charge in [-0.15, -0.1) is 0 Å². The predicted molar refractivity (Wildman–Crippen MR) is 46.8 cm³/mol. The SMILES string of the molecule is CC[C@@H]1CC12OCC(C)(C)CO2. The molecule has 12 heavy (non-hydrogen) atoms. The summed E-state index contributed by atoms with van der Waals surface area (Å²) >= 11 is 0.